The molecule has 0 bridgehead atoms. The van der Waals surface area contributed by atoms with E-state index in [0.29, 0.717) is 23.4 Å². The Morgan fingerprint density at radius 1 is 0.200 bits per heavy atom. The molecule has 656 valence electrons. The third kappa shape index (κ3) is 15.2. The molecule has 10 nitrogen and oxygen atoms in total. The number of thiazole rings is 2. The van der Waals surface area contributed by atoms with E-state index < -0.39 is 0 Å². The SMILES string of the molecule is CC1(C)c2ccccc2-c2ccc(-c3nc4c(ccc5ccc6cc(-c7nc(-c8ccccc8)cc(-c8ccccc8)n7)ccc6c54)s3)cc21.c1ccc(-c2cc(-c3ccc4ccccc4c3)nc(-c3ccc4c(ccc5ccc6oc(-c7ccccc7)nc6c54)c3)n2)cc1.c1ccc(-c2cc(-c3ccccc3)nc(-c3ccc4c(ccc5ccc6sc(-c7ccc8ccccc8c7)nc6c54)c3)n2)cc1. The van der Waals surface area contributed by atoms with Crippen LogP contribution in [0.15, 0.2) is 459 Å². The van der Waals surface area contributed by atoms with Crippen LogP contribution in [0.3, 0.4) is 0 Å². The molecule has 140 heavy (non-hydrogen) atoms. The van der Waals surface area contributed by atoms with Gasteiger partial charge in [0.25, 0.3) is 0 Å². The van der Waals surface area contributed by atoms with Crippen LogP contribution >= 0.6 is 22.7 Å². The number of hydrogen-bond acceptors (Lipinski definition) is 12. The van der Waals surface area contributed by atoms with E-state index in [1.165, 1.54) is 91.1 Å². The molecule has 1 aliphatic carbocycles. The quantitative estimate of drug-likeness (QED) is 0.109. The van der Waals surface area contributed by atoms with Crippen molar-refractivity contribution in [2.45, 2.75) is 19.3 Å². The summed E-state index contributed by atoms with van der Waals surface area (Å²) in [6.45, 7) is 4.66. The van der Waals surface area contributed by atoms with Crippen molar-refractivity contribution in [2.75, 3.05) is 0 Å². The predicted octanol–water partition coefficient (Wildman–Crippen LogP) is 34.3. The molecule has 6 heterocycles. The van der Waals surface area contributed by atoms with E-state index in [-0.39, 0.29) is 5.41 Å². The fourth-order valence-corrected chi connectivity index (χ4v) is 22.1. The van der Waals surface area contributed by atoms with Crippen LogP contribution in [-0.2, 0) is 5.41 Å². The zero-order valence-electron chi connectivity index (χ0n) is 76.1. The van der Waals surface area contributed by atoms with Crippen molar-refractivity contribution in [3.8, 4) is 145 Å². The van der Waals surface area contributed by atoms with Crippen LogP contribution in [0.1, 0.15) is 25.0 Å². The molecule has 0 saturated heterocycles. The molecule has 12 heteroatoms. The molecule has 0 aliphatic heterocycles. The second-order valence-electron chi connectivity index (χ2n) is 36.2. The van der Waals surface area contributed by atoms with Crippen LogP contribution in [0.5, 0.6) is 0 Å². The minimum atomic E-state index is -0.0502. The standard InChI is InChI=1S/C46H31N3S.C41H25N3O.C41H25N3S/c1-46(2)37-16-10-9-15-35(37)36-23-20-33(26-38(36)46)45-49-43-41(50-45)24-21-30-17-18-31-25-32(19-22-34(31)42(30)43)44-47-39(28-11-5-3-6-12-28)27-40(48-44)29-13-7-4-8-14-29;1-3-10-27(11-4-1)35-25-36(32-18-15-26-9-7-8-14-30(26)23-32)43-40(42-35)33-19-21-34-31(24-33)17-16-28-20-22-37-39(38(28)34)44-41(45-37)29-12-5-2-6-13-29;1-3-10-27(11-4-1)35-25-36(28-12-5-2-6-13-28)43-40(42-35)32-19-21-34-31(24-32)17-16-29-20-22-37-39(38(29)34)44-41(45-37)33-18-15-26-9-7-8-14-30(26)23-33/h3-27H,1-2H3;2*1-25H. The first-order valence-electron chi connectivity index (χ1n) is 47.1. The first-order chi connectivity index (χ1) is 69.0. The first kappa shape index (κ1) is 82.8. The molecule has 0 spiro atoms. The van der Waals surface area contributed by atoms with Crippen molar-refractivity contribution in [1.29, 1.82) is 0 Å². The van der Waals surface area contributed by atoms with E-state index in [1.807, 2.05) is 103 Å². The third-order valence-electron chi connectivity index (χ3n) is 27.3. The molecule has 0 unspecified atom stereocenters. The lowest BCUT2D eigenvalue weighted by Gasteiger charge is -2.21. The van der Waals surface area contributed by atoms with Crippen LogP contribution < -0.4 is 0 Å². The van der Waals surface area contributed by atoms with Gasteiger partial charge in [-0.15, -0.1) is 22.7 Å². The molecule has 21 aromatic carbocycles. The van der Waals surface area contributed by atoms with Gasteiger partial charge in [-0.3, -0.25) is 0 Å². The molecule has 0 atom stereocenters. The lowest BCUT2D eigenvalue weighted by atomic mass is 9.82. The Hall–Kier alpha value is -17.8. The van der Waals surface area contributed by atoms with Crippen molar-refractivity contribution in [1.82, 2.24) is 44.9 Å². The van der Waals surface area contributed by atoms with Gasteiger partial charge in [0, 0.05) is 88.3 Å². The highest BCUT2D eigenvalue weighted by atomic mass is 32.1. The summed E-state index contributed by atoms with van der Waals surface area (Å²) < 4.78 is 8.59. The van der Waals surface area contributed by atoms with Gasteiger partial charge in [0.2, 0.25) is 5.89 Å². The maximum atomic E-state index is 6.21. The summed E-state index contributed by atoms with van der Waals surface area (Å²) in [5.41, 5.74) is 27.1. The van der Waals surface area contributed by atoms with Crippen LogP contribution in [0.4, 0.5) is 0 Å². The summed E-state index contributed by atoms with van der Waals surface area (Å²) in [4.78, 5) is 46.0. The second-order valence-corrected chi connectivity index (χ2v) is 38.3. The van der Waals surface area contributed by atoms with Gasteiger partial charge in [0.15, 0.2) is 23.1 Å². The molecular formula is C128H81N9OS2. The number of fused-ring (bicyclic) bond motifs is 20. The number of oxazole rings is 1. The van der Waals surface area contributed by atoms with Gasteiger partial charge in [0.1, 0.15) is 15.5 Å². The lowest BCUT2D eigenvalue weighted by Crippen LogP contribution is -2.14. The van der Waals surface area contributed by atoms with Crippen LogP contribution in [0.2, 0.25) is 0 Å². The molecule has 0 saturated carbocycles. The van der Waals surface area contributed by atoms with E-state index in [4.69, 9.17) is 49.3 Å². The van der Waals surface area contributed by atoms with Crippen molar-refractivity contribution >= 4 is 140 Å². The Kier molecular flexibility index (Phi) is 20.4. The summed E-state index contributed by atoms with van der Waals surface area (Å²) >= 11 is 3.52. The third-order valence-corrected chi connectivity index (χ3v) is 29.4. The average molecular weight is 1830 g/mol. The molecule has 28 rings (SSSR count). The summed E-state index contributed by atoms with van der Waals surface area (Å²) in [7, 11) is 0. The maximum absolute atomic E-state index is 6.21. The minimum absolute atomic E-state index is 0.0502. The smallest absolute Gasteiger partial charge is 0.227 e. The molecule has 0 amide bonds. The van der Waals surface area contributed by atoms with Crippen LogP contribution in [0, 0.1) is 0 Å². The molecule has 27 aromatic rings. The summed E-state index contributed by atoms with van der Waals surface area (Å²) in [6.07, 6.45) is 0. The highest BCUT2D eigenvalue weighted by molar-refractivity contribution is 7.22. The maximum Gasteiger partial charge on any atom is 0.227 e. The second kappa shape index (κ2) is 34.5. The van der Waals surface area contributed by atoms with Gasteiger partial charge in [-0.1, -0.05) is 384 Å². The predicted molar refractivity (Wildman–Crippen MR) is 583 cm³/mol. The van der Waals surface area contributed by atoms with Gasteiger partial charge in [-0.25, -0.2) is 44.9 Å². The fraction of sp³-hybridized carbons (Fsp3) is 0.0234. The summed E-state index contributed by atoms with van der Waals surface area (Å²) in [5, 5.41) is 20.8. The Labute approximate surface area is 814 Å². The van der Waals surface area contributed by atoms with Gasteiger partial charge in [0.05, 0.1) is 54.6 Å². The number of aromatic nitrogens is 9. The molecule has 0 N–H and O–H groups in total. The largest absolute Gasteiger partial charge is 0.436 e. The van der Waals surface area contributed by atoms with Crippen molar-refractivity contribution < 1.29 is 4.42 Å². The minimum Gasteiger partial charge on any atom is -0.436 e. The lowest BCUT2D eigenvalue weighted by molar-refractivity contribution is 0.620. The summed E-state index contributed by atoms with van der Waals surface area (Å²) in [5.74, 6) is 2.73. The number of nitrogens with zero attached hydrogens (tertiary/aromatic N) is 9. The highest BCUT2D eigenvalue weighted by Gasteiger charge is 2.36. The Morgan fingerprint density at radius 2 is 0.507 bits per heavy atom. The van der Waals surface area contributed by atoms with E-state index in [9.17, 15) is 0 Å². The monoisotopic (exact) mass is 1820 g/mol. The number of rotatable bonds is 12. The first-order valence-corrected chi connectivity index (χ1v) is 48.7. The Bertz CT molecular complexity index is 9490. The average Bonchev–Trinajstić information content (AvgIpc) is 1.56. The van der Waals surface area contributed by atoms with E-state index in [0.717, 1.165) is 160 Å². The normalized spacial score (nSPS) is 12.1. The Balaban J connectivity index is 0.000000108. The number of hydrogen-bond donors (Lipinski definition) is 0. The molecule has 6 aromatic heterocycles. The van der Waals surface area contributed by atoms with Gasteiger partial charge < -0.3 is 4.42 Å². The molecular weight excluding hydrogens is 1740 g/mol. The number of benzene rings is 21. The molecule has 1 aliphatic rings. The zero-order chi connectivity index (χ0) is 92.9. The fourth-order valence-electron chi connectivity index (χ4n) is 20.2. The van der Waals surface area contributed by atoms with Crippen molar-refractivity contribution in [2.24, 2.45) is 0 Å². The molecule has 0 fully saturated rings. The van der Waals surface area contributed by atoms with E-state index >= 15 is 0 Å². The van der Waals surface area contributed by atoms with Crippen LogP contribution in [-0.4, -0.2) is 44.9 Å². The van der Waals surface area contributed by atoms with Crippen LogP contribution in [0.25, 0.3) is 263 Å². The van der Waals surface area contributed by atoms with E-state index in [1.54, 1.807) is 22.7 Å². The zero-order valence-corrected chi connectivity index (χ0v) is 77.7. The van der Waals surface area contributed by atoms with Crippen molar-refractivity contribution in [3.05, 3.63) is 466 Å². The van der Waals surface area contributed by atoms with Gasteiger partial charge >= 0.3 is 0 Å². The summed E-state index contributed by atoms with van der Waals surface area (Å²) in [6, 6.07) is 159. The Morgan fingerprint density at radius 3 is 0.943 bits per heavy atom. The van der Waals surface area contributed by atoms with Crippen molar-refractivity contribution in [3.63, 3.8) is 0 Å². The van der Waals surface area contributed by atoms with Gasteiger partial charge in [-0.05, 0) is 177 Å². The topological polar surface area (TPSA) is 129 Å². The van der Waals surface area contributed by atoms with E-state index in [2.05, 4.69) is 366 Å². The van der Waals surface area contributed by atoms with Gasteiger partial charge in [-0.2, -0.15) is 0 Å². The molecule has 0 radical (unpaired) electrons. The highest BCUT2D eigenvalue weighted by Crippen LogP contribution is 2.51.